The summed E-state index contributed by atoms with van der Waals surface area (Å²) in [5.41, 5.74) is 13.9. The Morgan fingerprint density at radius 3 is 2.66 bits per heavy atom. The smallest absolute Gasteiger partial charge is 0.0314 e. The summed E-state index contributed by atoms with van der Waals surface area (Å²) in [5, 5.41) is 1.71. The highest BCUT2D eigenvalue weighted by molar-refractivity contribution is 7.79. The second-order valence-electron chi connectivity index (χ2n) is 13.7. The van der Waals surface area contributed by atoms with E-state index in [0.717, 1.165) is 41.4 Å². The monoisotopic (exact) mass is 545 g/mol. The van der Waals surface area contributed by atoms with Gasteiger partial charge in [-0.3, -0.25) is 0 Å². The van der Waals surface area contributed by atoms with Crippen molar-refractivity contribution in [2.75, 3.05) is 11.9 Å². The topological polar surface area (TPSA) is 26.0 Å². The van der Waals surface area contributed by atoms with E-state index < -0.39 is 0 Å². The van der Waals surface area contributed by atoms with Gasteiger partial charge in [0.1, 0.15) is 0 Å². The molecule has 2 aliphatic carbocycles. The Labute approximate surface area is 235 Å². The zero-order chi connectivity index (χ0) is 26.9. The predicted molar refractivity (Wildman–Crippen MR) is 171 cm³/mol. The molecule has 3 heterocycles. The number of rotatable bonds is 6. The molecule has 3 heteroatoms. The summed E-state index contributed by atoms with van der Waals surface area (Å²) in [6.07, 6.45) is 20.9. The van der Waals surface area contributed by atoms with Gasteiger partial charge >= 0.3 is 0 Å². The lowest BCUT2D eigenvalue weighted by molar-refractivity contribution is 0.199. The molecule has 0 bridgehead atoms. The van der Waals surface area contributed by atoms with Gasteiger partial charge < -0.3 is 5.73 Å². The van der Waals surface area contributed by atoms with Crippen LogP contribution in [-0.4, -0.2) is 27.5 Å². The summed E-state index contributed by atoms with van der Waals surface area (Å²) in [4.78, 5) is 0. The van der Waals surface area contributed by atoms with E-state index in [2.05, 4.69) is 76.8 Å². The molecule has 4 fully saturated rings. The zero-order valence-corrected chi connectivity index (χ0v) is 26.1. The van der Waals surface area contributed by atoms with Crippen LogP contribution in [0.2, 0.25) is 0 Å². The highest BCUT2D eigenvalue weighted by Crippen LogP contribution is 2.89. The van der Waals surface area contributed by atoms with Crippen molar-refractivity contribution in [3.05, 3.63) is 77.9 Å². The van der Waals surface area contributed by atoms with Crippen LogP contribution in [0.4, 0.5) is 5.69 Å². The molecule has 9 unspecified atom stereocenters. The van der Waals surface area contributed by atoms with Crippen LogP contribution in [0.25, 0.3) is 0 Å². The van der Waals surface area contributed by atoms with Crippen molar-refractivity contribution in [1.82, 2.24) is 0 Å². The van der Waals surface area contributed by atoms with Crippen LogP contribution in [0.15, 0.2) is 72.4 Å². The van der Waals surface area contributed by atoms with Crippen molar-refractivity contribution in [2.24, 2.45) is 17.3 Å². The van der Waals surface area contributed by atoms with E-state index in [1.165, 1.54) is 62.2 Å². The van der Waals surface area contributed by atoms with Crippen molar-refractivity contribution in [1.29, 1.82) is 0 Å². The minimum Gasteiger partial charge on any atom is -0.399 e. The first kappa shape index (κ1) is 27.0. The summed E-state index contributed by atoms with van der Waals surface area (Å²) in [6.45, 7) is 19.7. The van der Waals surface area contributed by atoms with Crippen LogP contribution in [-0.2, 0) is 6.42 Å². The van der Waals surface area contributed by atoms with Crippen molar-refractivity contribution < 1.29 is 0 Å². The molecule has 5 aliphatic rings. The Morgan fingerprint density at radius 2 is 1.92 bits per heavy atom. The van der Waals surface area contributed by atoms with E-state index in [4.69, 9.17) is 12.3 Å². The van der Waals surface area contributed by atoms with E-state index >= 15 is 0 Å². The van der Waals surface area contributed by atoms with E-state index in [9.17, 15) is 0 Å². The van der Waals surface area contributed by atoms with Gasteiger partial charge in [0.2, 0.25) is 0 Å². The molecule has 0 radical (unpaired) electrons. The normalized spacial score (nSPS) is 43.2. The first-order chi connectivity index (χ1) is 18.1. The lowest BCUT2D eigenvalue weighted by atomic mass is 9.62. The van der Waals surface area contributed by atoms with Crippen molar-refractivity contribution in [3.8, 4) is 0 Å². The van der Waals surface area contributed by atoms with E-state index in [0.29, 0.717) is 15.7 Å². The highest BCUT2D eigenvalue weighted by atomic mass is 31.2. The van der Waals surface area contributed by atoms with Gasteiger partial charge in [0, 0.05) is 21.7 Å². The number of nitrogens with two attached hydrogens (primary N) is 1. The Balaban J connectivity index is 1.34. The maximum atomic E-state index is 5.98. The molecule has 1 nitrogen and oxygen atoms in total. The number of aryl methyl sites for hydroxylation is 1. The molecule has 204 valence electrons. The summed E-state index contributed by atoms with van der Waals surface area (Å²) in [6, 6.07) is 8.58. The highest BCUT2D eigenvalue weighted by Gasteiger charge is 2.70. The molecule has 0 amide bonds. The first-order valence-electron chi connectivity index (χ1n) is 15.3. The summed E-state index contributed by atoms with van der Waals surface area (Å²) in [5.74, 6) is 1.76. The molecule has 38 heavy (non-hydrogen) atoms. The lowest BCUT2D eigenvalue weighted by Crippen LogP contribution is -2.51. The van der Waals surface area contributed by atoms with Gasteiger partial charge in [-0.25, -0.2) is 0 Å². The molecule has 9 atom stereocenters. The summed E-state index contributed by atoms with van der Waals surface area (Å²) in [7, 11) is -0.0690. The fourth-order valence-corrected chi connectivity index (χ4v) is 21.9. The average Bonchev–Trinajstić information content (AvgIpc) is 3.36. The molecule has 1 saturated carbocycles. The molecule has 6 rings (SSSR count). The van der Waals surface area contributed by atoms with Gasteiger partial charge in [-0.2, -0.15) is 0 Å². The van der Waals surface area contributed by atoms with Crippen LogP contribution < -0.4 is 5.73 Å². The second kappa shape index (κ2) is 9.74. The quantitative estimate of drug-likeness (QED) is 0.215. The average molecular weight is 546 g/mol. The fraction of sp³-hybridized carbons (Fsp3) is 0.600. The maximum absolute atomic E-state index is 5.98. The molecule has 0 aromatic heterocycles. The zero-order valence-electron chi connectivity index (χ0n) is 24.3. The standard InChI is InChI=1S/C35H49NP2/c1-7-8-28-20-30-23-37-32-16-13-29-19-24(2)17-18-33(29,5)38(32)26(4)21-34(37,6)35(30,22-28)25(3)9-10-27-11-14-31(36)15-12-27/h11-12,14-15,17-19,26,28,30,32H,2-3,7-10,13,16,20-23,36H2,1,4-6H3. The number of fused-ring (bicyclic) bond motifs is 7. The Kier molecular flexibility index (Phi) is 6.93. The third-order valence-corrected chi connectivity index (χ3v) is 20.4. The second-order valence-corrected chi connectivity index (χ2v) is 20.3. The van der Waals surface area contributed by atoms with Crippen LogP contribution in [0.5, 0.6) is 0 Å². The molecule has 0 spiro atoms. The van der Waals surface area contributed by atoms with E-state index in [1.807, 2.05) is 0 Å². The SMILES string of the molecule is C=C1C=CC2(C)C(=C1)CCC1P2C(C)CC2(C)P1CC1CC(CCC)CC12C(=C)CCc1ccc(N)cc1. The van der Waals surface area contributed by atoms with Crippen LogP contribution in [0.3, 0.4) is 0 Å². The summed E-state index contributed by atoms with van der Waals surface area (Å²) >= 11 is 0. The van der Waals surface area contributed by atoms with Crippen molar-refractivity contribution in [3.63, 3.8) is 0 Å². The largest absolute Gasteiger partial charge is 0.399 e. The number of nitrogen functional groups attached to an aromatic ring is 1. The van der Waals surface area contributed by atoms with Crippen molar-refractivity contribution in [2.45, 2.75) is 107 Å². The van der Waals surface area contributed by atoms with E-state index in [-0.39, 0.29) is 15.8 Å². The number of allylic oxidation sites excluding steroid dienone is 6. The third kappa shape index (κ3) is 3.92. The van der Waals surface area contributed by atoms with Gasteiger partial charge in [0.25, 0.3) is 0 Å². The molecule has 1 aromatic carbocycles. The predicted octanol–water partition coefficient (Wildman–Crippen LogP) is 10.0. The minimum atomic E-state index is -0.0641. The molecular weight excluding hydrogens is 496 g/mol. The Bertz CT molecular complexity index is 1180. The number of hydrogen-bond donors (Lipinski definition) is 1. The van der Waals surface area contributed by atoms with Gasteiger partial charge in [0.15, 0.2) is 0 Å². The number of hydrogen-bond acceptors (Lipinski definition) is 1. The molecule has 1 aromatic rings. The van der Waals surface area contributed by atoms with Gasteiger partial charge in [-0.1, -0.05) is 104 Å². The molecule has 3 aliphatic heterocycles. The van der Waals surface area contributed by atoms with Crippen molar-refractivity contribution >= 4 is 21.5 Å². The molecular formula is C35H49NP2. The first-order valence-corrected chi connectivity index (χ1v) is 18.4. The van der Waals surface area contributed by atoms with E-state index in [1.54, 1.807) is 11.1 Å². The Hall–Kier alpha value is -1.16. The molecule has 2 N–H and O–H groups in total. The Morgan fingerprint density at radius 1 is 1.16 bits per heavy atom. The summed E-state index contributed by atoms with van der Waals surface area (Å²) < 4.78 is 0. The molecule has 3 saturated heterocycles. The minimum absolute atomic E-state index is 0.00489. The number of benzene rings is 1. The van der Waals surface area contributed by atoms with Crippen LogP contribution in [0.1, 0.15) is 84.6 Å². The van der Waals surface area contributed by atoms with Crippen LogP contribution >= 0.6 is 15.8 Å². The van der Waals surface area contributed by atoms with Crippen LogP contribution in [0, 0.1) is 17.3 Å². The number of anilines is 1. The third-order valence-electron chi connectivity index (χ3n) is 11.6. The maximum Gasteiger partial charge on any atom is 0.0314 e. The lowest BCUT2D eigenvalue weighted by Gasteiger charge is -2.62. The van der Waals surface area contributed by atoms with Gasteiger partial charge in [-0.05, 0) is 104 Å². The fourth-order valence-electron chi connectivity index (χ4n) is 10.1. The van der Waals surface area contributed by atoms with Gasteiger partial charge in [-0.15, -0.1) is 0 Å². The van der Waals surface area contributed by atoms with Gasteiger partial charge in [0.05, 0.1) is 0 Å².